The summed E-state index contributed by atoms with van der Waals surface area (Å²) in [6.07, 6.45) is 6.81. The fourth-order valence-corrected chi connectivity index (χ4v) is 3.16. The van der Waals surface area contributed by atoms with E-state index in [1.165, 1.54) is 0 Å². The van der Waals surface area contributed by atoms with Gasteiger partial charge in [0.15, 0.2) is 6.29 Å². The van der Waals surface area contributed by atoms with Crippen LogP contribution in [-0.2, 0) is 19.2 Å². The van der Waals surface area contributed by atoms with Crippen LogP contribution in [0.3, 0.4) is 0 Å². The molecule has 0 spiro atoms. The van der Waals surface area contributed by atoms with Crippen molar-refractivity contribution >= 4 is 9.73 Å². The second kappa shape index (κ2) is 6.23. The van der Waals surface area contributed by atoms with E-state index in [0.29, 0.717) is 13.2 Å². The van der Waals surface area contributed by atoms with Gasteiger partial charge in [0.1, 0.15) is 4.75 Å². The Bertz CT molecular complexity index is 520. The van der Waals surface area contributed by atoms with Crippen LogP contribution in [0, 0.1) is 16.7 Å². The largest absolute Gasteiger partial charge is 0.353 e. The highest BCUT2D eigenvalue weighted by atomic mass is 32.2. The maximum atomic E-state index is 12.6. The lowest BCUT2D eigenvalue weighted by Crippen LogP contribution is -2.30. The van der Waals surface area contributed by atoms with Gasteiger partial charge in [0, 0.05) is 18.3 Å². The van der Waals surface area contributed by atoms with Crippen LogP contribution < -0.4 is 0 Å². The van der Waals surface area contributed by atoms with E-state index in [-0.39, 0.29) is 11.7 Å². The predicted molar refractivity (Wildman–Crippen MR) is 82.3 cm³/mol. The maximum absolute atomic E-state index is 12.6. The van der Waals surface area contributed by atoms with Gasteiger partial charge < -0.3 is 9.47 Å². The third-order valence-corrected chi connectivity index (χ3v) is 7.14. The molecule has 5 nitrogen and oxygen atoms in total. The molecule has 6 heteroatoms. The molecule has 1 heterocycles. The van der Waals surface area contributed by atoms with E-state index in [2.05, 4.69) is 10.4 Å². The second-order valence-electron chi connectivity index (χ2n) is 6.82. The Morgan fingerprint density at radius 2 is 2.19 bits per heavy atom. The first-order chi connectivity index (χ1) is 9.80. The highest BCUT2D eigenvalue weighted by Crippen LogP contribution is 2.47. The Balaban J connectivity index is 1.90. The van der Waals surface area contributed by atoms with Crippen molar-refractivity contribution in [1.29, 1.82) is 5.26 Å². The molecule has 2 rings (SSSR count). The summed E-state index contributed by atoms with van der Waals surface area (Å²) < 4.78 is 27.4. The second-order valence-corrected chi connectivity index (χ2v) is 9.70. The molecule has 2 unspecified atom stereocenters. The summed E-state index contributed by atoms with van der Waals surface area (Å²) in [4.78, 5) is 0. The molecule has 0 amide bonds. The van der Waals surface area contributed by atoms with E-state index in [1.807, 2.05) is 0 Å². The Labute approximate surface area is 128 Å². The van der Waals surface area contributed by atoms with Crippen molar-refractivity contribution in [1.82, 2.24) is 0 Å². The van der Waals surface area contributed by atoms with Gasteiger partial charge in [0.25, 0.3) is 0 Å². The highest BCUT2D eigenvalue weighted by molar-refractivity contribution is 7.94. The minimum absolute atomic E-state index is 0.0189. The van der Waals surface area contributed by atoms with Gasteiger partial charge in [-0.1, -0.05) is 0 Å². The molecule has 0 aromatic heterocycles. The summed E-state index contributed by atoms with van der Waals surface area (Å²) in [6, 6.07) is 2.10. The average molecular weight is 314 g/mol. The first-order valence-electron chi connectivity index (χ1n) is 7.62. The van der Waals surface area contributed by atoms with Crippen molar-refractivity contribution in [2.45, 2.75) is 57.0 Å². The van der Waals surface area contributed by atoms with Gasteiger partial charge in [0.2, 0.25) is 0 Å². The van der Waals surface area contributed by atoms with Crippen LogP contribution in [0.25, 0.3) is 0 Å². The SMILES string of the molecule is CC(C)(C#N)S(C)(=O)=NCC1(COC2CCCCO2)CC1. The lowest BCUT2D eigenvalue weighted by atomic mass is 10.1. The molecular formula is C15H26N2O3S. The third-order valence-electron chi connectivity index (χ3n) is 4.53. The van der Waals surface area contributed by atoms with Gasteiger partial charge >= 0.3 is 0 Å². The van der Waals surface area contributed by atoms with Crippen LogP contribution in [0.2, 0.25) is 0 Å². The van der Waals surface area contributed by atoms with Crippen molar-refractivity contribution in [2.24, 2.45) is 9.78 Å². The normalized spacial score (nSPS) is 27.4. The quantitative estimate of drug-likeness (QED) is 0.755. The summed E-state index contributed by atoms with van der Waals surface area (Å²) in [6.45, 7) is 5.28. The number of nitriles is 1. The zero-order chi connectivity index (χ0) is 15.6. The topological polar surface area (TPSA) is 71.7 Å². The molecule has 1 saturated carbocycles. The van der Waals surface area contributed by atoms with Crippen LogP contribution in [-0.4, -0.2) is 41.3 Å². The molecule has 0 aromatic carbocycles. The van der Waals surface area contributed by atoms with E-state index in [9.17, 15) is 4.21 Å². The van der Waals surface area contributed by atoms with E-state index < -0.39 is 14.5 Å². The third kappa shape index (κ3) is 4.18. The van der Waals surface area contributed by atoms with Crippen molar-refractivity contribution in [3.63, 3.8) is 0 Å². The van der Waals surface area contributed by atoms with Crippen LogP contribution in [0.1, 0.15) is 46.0 Å². The number of nitrogens with zero attached hydrogens (tertiary/aromatic N) is 2. The number of rotatable bonds is 6. The number of ether oxygens (including phenoxy) is 2. The minimum atomic E-state index is -2.52. The van der Waals surface area contributed by atoms with E-state index in [4.69, 9.17) is 14.7 Å². The first kappa shape index (κ1) is 16.7. The molecule has 0 N–H and O–H groups in total. The molecule has 0 bridgehead atoms. The van der Waals surface area contributed by atoms with E-state index in [1.54, 1.807) is 20.1 Å². The molecule has 1 saturated heterocycles. The van der Waals surface area contributed by atoms with Gasteiger partial charge in [-0.15, -0.1) is 0 Å². The Morgan fingerprint density at radius 1 is 1.48 bits per heavy atom. The predicted octanol–water partition coefficient (Wildman–Crippen LogP) is 2.71. The van der Waals surface area contributed by atoms with Crippen molar-refractivity contribution in [3.05, 3.63) is 0 Å². The van der Waals surface area contributed by atoms with Crippen LogP contribution in [0.4, 0.5) is 0 Å². The van der Waals surface area contributed by atoms with E-state index in [0.717, 1.165) is 38.7 Å². The number of hydrogen-bond acceptors (Lipinski definition) is 5. The van der Waals surface area contributed by atoms with Gasteiger partial charge in [-0.2, -0.15) is 5.26 Å². The average Bonchev–Trinajstić information content (AvgIpc) is 3.25. The summed E-state index contributed by atoms with van der Waals surface area (Å²) in [5, 5.41) is 9.12. The highest BCUT2D eigenvalue weighted by Gasteiger charge is 2.44. The molecule has 0 aromatic rings. The Hall–Kier alpha value is -0.640. The lowest BCUT2D eigenvalue weighted by molar-refractivity contribution is -0.170. The van der Waals surface area contributed by atoms with Gasteiger partial charge in [0.05, 0.1) is 28.9 Å². The smallest absolute Gasteiger partial charge is 0.157 e. The first-order valence-corrected chi connectivity index (χ1v) is 9.55. The molecule has 21 heavy (non-hydrogen) atoms. The Kier molecular flexibility index (Phi) is 4.96. The van der Waals surface area contributed by atoms with Crippen molar-refractivity contribution in [2.75, 3.05) is 26.0 Å². The fourth-order valence-electron chi connectivity index (χ4n) is 2.14. The zero-order valence-electron chi connectivity index (χ0n) is 13.3. The van der Waals surface area contributed by atoms with Crippen molar-refractivity contribution in [3.8, 4) is 6.07 Å². The summed E-state index contributed by atoms with van der Waals surface area (Å²) in [5.74, 6) is 0. The summed E-state index contributed by atoms with van der Waals surface area (Å²) in [7, 11) is -2.52. The van der Waals surface area contributed by atoms with Crippen LogP contribution in [0.15, 0.2) is 4.36 Å². The summed E-state index contributed by atoms with van der Waals surface area (Å²) >= 11 is 0. The van der Waals surface area contributed by atoms with Gasteiger partial charge in [-0.3, -0.25) is 0 Å². The van der Waals surface area contributed by atoms with E-state index >= 15 is 0 Å². The standard InChI is InChI=1S/C15H26N2O3S/c1-14(2,10-16)21(3,18)17-11-15(7-8-15)12-20-13-6-4-5-9-19-13/h13H,4-9,11-12H2,1-3H3. The molecule has 2 aliphatic rings. The number of hydrogen-bond donors (Lipinski definition) is 0. The monoisotopic (exact) mass is 314 g/mol. The van der Waals surface area contributed by atoms with Crippen LogP contribution in [0.5, 0.6) is 0 Å². The zero-order valence-corrected chi connectivity index (χ0v) is 14.1. The molecule has 0 radical (unpaired) electrons. The molecule has 2 atom stereocenters. The Morgan fingerprint density at radius 3 is 2.71 bits per heavy atom. The maximum Gasteiger partial charge on any atom is 0.157 e. The van der Waals surface area contributed by atoms with Crippen LogP contribution >= 0.6 is 0 Å². The molecular weight excluding hydrogens is 288 g/mol. The van der Waals surface area contributed by atoms with Crippen molar-refractivity contribution < 1.29 is 13.7 Å². The van der Waals surface area contributed by atoms with Gasteiger partial charge in [-0.05, 0) is 46.0 Å². The molecule has 120 valence electrons. The van der Waals surface area contributed by atoms with Gasteiger partial charge in [-0.25, -0.2) is 8.57 Å². The molecule has 1 aliphatic carbocycles. The summed E-state index contributed by atoms with van der Waals surface area (Å²) in [5.41, 5.74) is 0.0189. The lowest BCUT2D eigenvalue weighted by Gasteiger charge is -2.25. The fraction of sp³-hybridized carbons (Fsp3) is 0.933. The molecule has 1 aliphatic heterocycles. The molecule has 2 fully saturated rings. The minimum Gasteiger partial charge on any atom is -0.353 e.